The maximum Gasteiger partial charge on any atom is 0.292 e. The molecule has 6 nitrogen and oxygen atoms in total. The molecule has 1 aromatic carbocycles. The largest absolute Gasteiger partial charge is 0.378 e. The quantitative estimate of drug-likeness (QED) is 0.796. The van der Waals surface area contributed by atoms with E-state index in [2.05, 4.69) is 5.16 Å². The third-order valence-corrected chi connectivity index (χ3v) is 4.22. The summed E-state index contributed by atoms with van der Waals surface area (Å²) in [5, 5.41) is 4.01. The molecule has 1 aromatic heterocycles. The molecule has 3 rings (SSSR count). The molecule has 0 atom stereocenters. The molecule has 2 heterocycles. The molecular formula is C18H24ClN3O3. The van der Waals surface area contributed by atoms with Crippen LogP contribution in [0.1, 0.15) is 29.8 Å². The van der Waals surface area contributed by atoms with Crippen LogP contribution in [0, 0.1) is 0 Å². The first-order valence-corrected chi connectivity index (χ1v) is 8.41. The standard InChI is InChI=1S/C18H23N3O3.ClH/c19-9-4-12-23-15-7-10-21(11-8-15)18(22)17-13-16(20-24-17)14-5-2-1-3-6-14;/h1-3,5-6,13,15H,4,7-12,19H2;1H. The fraction of sp³-hybridized carbons (Fsp3) is 0.444. The van der Waals surface area contributed by atoms with Crippen molar-refractivity contribution in [2.75, 3.05) is 26.2 Å². The van der Waals surface area contributed by atoms with Crippen molar-refractivity contribution in [1.29, 1.82) is 0 Å². The number of nitrogens with zero attached hydrogens (tertiary/aromatic N) is 2. The number of halogens is 1. The topological polar surface area (TPSA) is 81.6 Å². The molecule has 1 amide bonds. The van der Waals surface area contributed by atoms with Gasteiger partial charge >= 0.3 is 0 Å². The third-order valence-electron chi connectivity index (χ3n) is 4.22. The molecule has 7 heteroatoms. The van der Waals surface area contributed by atoms with E-state index in [4.69, 9.17) is 15.0 Å². The van der Waals surface area contributed by atoms with Crippen LogP contribution in [0.2, 0.25) is 0 Å². The monoisotopic (exact) mass is 365 g/mol. The van der Waals surface area contributed by atoms with Gasteiger partial charge < -0.3 is 19.9 Å². The first-order chi connectivity index (χ1) is 11.8. The lowest BCUT2D eigenvalue weighted by molar-refractivity contribution is 0.00744. The lowest BCUT2D eigenvalue weighted by Gasteiger charge is -2.31. The third kappa shape index (κ3) is 5.04. The molecule has 0 unspecified atom stereocenters. The summed E-state index contributed by atoms with van der Waals surface area (Å²) < 4.78 is 11.0. The van der Waals surface area contributed by atoms with Gasteiger partial charge in [0.05, 0.1) is 6.10 Å². The van der Waals surface area contributed by atoms with Crippen LogP contribution in [0.15, 0.2) is 40.9 Å². The number of benzene rings is 1. The Hall–Kier alpha value is -1.89. The lowest BCUT2D eigenvalue weighted by atomic mass is 10.1. The van der Waals surface area contributed by atoms with Gasteiger partial charge in [-0.25, -0.2) is 0 Å². The molecule has 136 valence electrons. The van der Waals surface area contributed by atoms with Crippen LogP contribution in [0.25, 0.3) is 11.3 Å². The van der Waals surface area contributed by atoms with Crippen molar-refractivity contribution < 1.29 is 14.1 Å². The van der Waals surface area contributed by atoms with Crippen molar-refractivity contribution >= 4 is 18.3 Å². The van der Waals surface area contributed by atoms with Gasteiger partial charge in [0.15, 0.2) is 0 Å². The average Bonchev–Trinajstić information content (AvgIpc) is 3.13. The van der Waals surface area contributed by atoms with E-state index in [1.807, 2.05) is 30.3 Å². The molecule has 2 aromatic rings. The fourth-order valence-electron chi connectivity index (χ4n) is 2.84. The van der Waals surface area contributed by atoms with Crippen LogP contribution < -0.4 is 5.73 Å². The van der Waals surface area contributed by atoms with Gasteiger partial charge in [-0.15, -0.1) is 12.4 Å². The van der Waals surface area contributed by atoms with Crippen molar-refractivity contribution in [2.45, 2.75) is 25.4 Å². The number of ether oxygens (including phenoxy) is 1. The van der Waals surface area contributed by atoms with Gasteiger partial charge in [-0.3, -0.25) is 4.79 Å². The number of hydrogen-bond acceptors (Lipinski definition) is 5. The van der Waals surface area contributed by atoms with E-state index in [9.17, 15) is 4.79 Å². The van der Waals surface area contributed by atoms with Gasteiger partial charge in [-0.1, -0.05) is 35.5 Å². The first-order valence-electron chi connectivity index (χ1n) is 8.41. The van der Waals surface area contributed by atoms with Crippen molar-refractivity contribution in [1.82, 2.24) is 10.1 Å². The number of likely N-dealkylation sites (tertiary alicyclic amines) is 1. The predicted molar refractivity (Wildman–Crippen MR) is 97.7 cm³/mol. The Morgan fingerprint density at radius 3 is 2.68 bits per heavy atom. The molecule has 1 aliphatic rings. The molecule has 2 N–H and O–H groups in total. The highest BCUT2D eigenvalue weighted by atomic mass is 35.5. The summed E-state index contributed by atoms with van der Waals surface area (Å²) >= 11 is 0. The second-order valence-corrected chi connectivity index (χ2v) is 5.95. The minimum atomic E-state index is -0.106. The molecule has 0 radical (unpaired) electrons. The molecular weight excluding hydrogens is 342 g/mol. The van der Waals surface area contributed by atoms with Crippen LogP contribution in [-0.2, 0) is 4.74 Å². The van der Waals surface area contributed by atoms with Crippen molar-refractivity contribution in [3.63, 3.8) is 0 Å². The number of nitrogens with two attached hydrogens (primary N) is 1. The van der Waals surface area contributed by atoms with E-state index >= 15 is 0 Å². The van der Waals surface area contributed by atoms with Crippen LogP contribution in [0.3, 0.4) is 0 Å². The zero-order valence-electron chi connectivity index (χ0n) is 14.1. The maximum absolute atomic E-state index is 12.5. The molecule has 0 saturated carbocycles. The Bertz CT molecular complexity index is 655. The van der Waals surface area contributed by atoms with Crippen LogP contribution in [0.4, 0.5) is 0 Å². The number of carbonyl (C=O) groups excluding carboxylic acids is 1. The minimum absolute atomic E-state index is 0. The summed E-state index contributed by atoms with van der Waals surface area (Å²) in [6, 6.07) is 11.4. The number of hydrogen-bond donors (Lipinski definition) is 1. The van der Waals surface area contributed by atoms with E-state index in [1.165, 1.54) is 0 Å². The summed E-state index contributed by atoms with van der Waals surface area (Å²) in [7, 11) is 0. The van der Waals surface area contributed by atoms with Gasteiger partial charge in [0.1, 0.15) is 5.69 Å². The number of amides is 1. The van der Waals surface area contributed by atoms with Gasteiger partial charge in [0, 0.05) is 31.3 Å². The first kappa shape index (κ1) is 19.4. The van der Waals surface area contributed by atoms with Crippen LogP contribution in [-0.4, -0.2) is 48.3 Å². The highest BCUT2D eigenvalue weighted by molar-refractivity contribution is 5.92. The fourth-order valence-corrected chi connectivity index (χ4v) is 2.84. The SMILES string of the molecule is Cl.NCCCOC1CCN(C(=O)c2cc(-c3ccccc3)no2)CC1. The number of piperidine rings is 1. The van der Waals surface area contributed by atoms with E-state index in [0.29, 0.717) is 31.9 Å². The number of aromatic nitrogens is 1. The zero-order chi connectivity index (χ0) is 16.8. The molecule has 0 aliphatic carbocycles. The summed E-state index contributed by atoms with van der Waals surface area (Å²) in [6.07, 6.45) is 2.78. The molecule has 1 fully saturated rings. The van der Waals surface area contributed by atoms with Gasteiger partial charge in [-0.05, 0) is 25.8 Å². The summed E-state index contributed by atoms with van der Waals surface area (Å²) in [5.41, 5.74) is 7.08. The van der Waals surface area contributed by atoms with Gasteiger partial charge in [-0.2, -0.15) is 0 Å². The van der Waals surface area contributed by atoms with E-state index in [0.717, 1.165) is 24.8 Å². The van der Waals surface area contributed by atoms with Crippen LogP contribution >= 0.6 is 12.4 Å². The number of carbonyl (C=O) groups is 1. The average molecular weight is 366 g/mol. The summed E-state index contributed by atoms with van der Waals surface area (Å²) in [4.78, 5) is 14.3. The minimum Gasteiger partial charge on any atom is -0.378 e. The lowest BCUT2D eigenvalue weighted by Crippen LogP contribution is -2.40. The second-order valence-electron chi connectivity index (χ2n) is 5.95. The van der Waals surface area contributed by atoms with E-state index in [-0.39, 0.29) is 30.2 Å². The predicted octanol–water partition coefficient (Wildman–Crippen LogP) is 2.73. The number of rotatable bonds is 6. The Morgan fingerprint density at radius 1 is 1.28 bits per heavy atom. The molecule has 25 heavy (non-hydrogen) atoms. The Morgan fingerprint density at radius 2 is 2.00 bits per heavy atom. The van der Waals surface area contributed by atoms with Gasteiger partial charge in [0.25, 0.3) is 5.91 Å². The van der Waals surface area contributed by atoms with E-state index < -0.39 is 0 Å². The Kier molecular flexibility index (Phi) is 7.43. The second kappa shape index (κ2) is 9.56. The van der Waals surface area contributed by atoms with E-state index in [1.54, 1.807) is 11.0 Å². The van der Waals surface area contributed by atoms with Crippen LogP contribution in [0.5, 0.6) is 0 Å². The molecule has 1 saturated heterocycles. The smallest absolute Gasteiger partial charge is 0.292 e. The highest BCUT2D eigenvalue weighted by Gasteiger charge is 2.26. The Balaban J connectivity index is 0.00000225. The van der Waals surface area contributed by atoms with Crippen molar-refractivity contribution in [2.24, 2.45) is 5.73 Å². The maximum atomic E-state index is 12.5. The summed E-state index contributed by atoms with van der Waals surface area (Å²) in [6.45, 7) is 2.69. The normalized spacial score (nSPS) is 15.0. The van der Waals surface area contributed by atoms with Crippen molar-refractivity contribution in [3.05, 3.63) is 42.2 Å². The molecule has 0 spiro atoms. The Labute approximate surface area is 153 Å². The molecule has 0 bridgehead atoms. The summed E-state index contributed by atoms with van der Waals surface area (Å²) in [5.74, 6) is 0.182. The van der Waals surface area contributed by atoms with Crippen molar-refractivity contribution in [3.8, 4) is 11.3 Å². The highest BCUT2D eigenvalue weighted by Crippen LogP contribution is 2.21. The van der Waals surface area contributed by atoms with Gasteiger partial charge in [0.2, 0.25) is 5.76 Å². The molecule has 1 aliphatic heterocycles. The zero-order valence-corrected chi connectivity index (χ0v) is 14.9.